The molecule has 0 aromatic heterocycles. The average Bonchev–Trinajstić information content (AvgIpc) is 2.01. The molecule has 0 aliphatic rings. The van der Waals surface area contributed by atoms with Crippen molar-refractivity contribution in [3.8, 4) is 6.07 Å². The minimum absolute atomic E-state index is 0.00270. The van der Waals surface area contributed by atoms with Crippen LogP contribution >= 0.6 is 7.75 Å². The van der Waals surface area contributed by atoms with E-state index in [1.165, 1.54) is 0 Å². The van der Waals surface area contributed by atoms with Crippen LogP contribution in [0.4, 0.5) is 0 Å². The van der Waals surface area contributed by atoms with Crippen molar-refractivity contribution in [3.63, 3.8) is 0 Å². The van der Waals surface area contributed by atoms with Crippen LogP contribution in [0.3, 0.4) is 0 Å². The molecule has 0 bridgehead atoms. The maximum absolute atomic E-state index is 11.9. The molecule has 0 aliphatic carbocycles. The van der Waals surface area contributed by atoms with Crippen molar-refractivity contribution in [3.05, 3.63) is 0 Å². The van der Waals surface area contributed by atoms with Gasteiger partial charge in [-0.15, -0.1) is 0 Å². The normalized spacial score (nSPS) is 15.7. The Kier molecular flexibility index (Phi) is 6.07. The van der Waals surface area contributed by atoms with Gasteiger partial charge in [-0.25, -0.2) is 9.24 Å². The molecule has 15 heavy (non-hydrogen) atoms. The van der Waals surface area contributed by atoms with E-state index < -0.39 is 7.75 Å². The van der Waals surface area contributed by atoms with Gasteiger partial charge in [0.2, 0.25) is 0 Å². The highest BCUT2D eigenvalue weighted by molar-refractivity contribution is 7.45. The van der Waals surface area contributed by atoms with Crippen molar-refractivity contribution in [2.24, 2.45) is 0 Å². The summed E-state index contributed by atoms with van der Waals surface area (Å²) in [6.45, 7) is 7.47. The summed E-state index contributed by atoms with van der Waals surface area (Å²) in [5.41, 5.74) is 0. The molecule has 0 fully saturated rings. The molecule has 0 saturated carbocycles. The maximum Gasteiger partial charge on any atom is 0.527 e. The quantitative estimate of drug-likeness (QED) is 0.525. The Morgan fingerprint density at radius 1 is 1.40 bits per heavy atom. The fourth-order valence-corrected chi connectivity index (χ4v) is 3.40. The predicted octanol–water partition coefficient (Wildman–Crippen LogP) is 0.719. The Hall–Kier alpha value is -0.400. The van der Waals surface area contributed by atoms with Crippen LogP contribution in [0, 0.1) is 11.3 Å². The van der Waals surface area contributed by atoms with Gasteiger partial charge in [0.15, 0.2) is 0 Å². The Bertz CT molecular complexity index is 265. The zero-order valence-corrected chi connectivity index (χ0v) is 10.6. The van der Waals surface area contributed by atoms with Gasteiger partial charge in [0, 0.05) is 0 Å². The first-order chi connectivity index (χ1) is 6.83. The van der Waals surface area contributed by atoms with Crippen molar-refractivity contribution in [2.45, 2.75) is 46.2 Å². The lowest BCUT2D eigenvalue weighted by Crippen LogP contribution is -3.13. The van der Waals surface area contributed by atoms with E-state index in [4.69, 9.17) is 9.79 Å². The van der Waals surface area contributed by atoms with Crippen LogP contribution < -0.4 is 4.67 Å². The summed E-state index contributed by atoms with van der Waals surface area (Å²) >= 11 is 0. The molecule has 0 aromatic rings. The highest BCUT2D eigenvalue weighted by atomic mass is 31.2. The third-order valence-corrected chi connectivity index (χ3v) is 4.21. The SMILES string of the molecule is CC(C)[NH+](C(C)C)P(=O)(O)OCCC#N. The molecule has 0 radical (unpaired) electrons. The van der Waals surface area contributed by atoms with Crippen LogP contribution in [-0.4, -0.2) is 23.6 Å². The van der Waals surface area contributed by atoms with Crippen molar-refractivity contribution in [1.29, 1.82) is 5.26 Å². The Morgan fingerprint density at radius 3 is 2.20 bits per heavy atom. The van der Waals surface area contributed by atoms with E-state index in [9.17, 15) is 9.46 Å². The largest absolute Gasteiger partial charge is 0.527 e. The van der Waals surface area contributed by atoms with Crippen LogP contribution in [0.2, 0.25) is 0 Å². The molecule has 5 nitrogen and oxygen atoms in total. The Labute approximate surface area is 91.2 Å². The molecule has 1 unspecified atom stereocenters. The van der Waals surface area contributed by atoms with Crippen LogP contribution in [-0.2, 0) is 9.09 Å². The van der Waals surface area contributed by atoms with Crippen molar-refractivity contribution >= 4 is 7.75 Å². The lowest BCUT2D eigenvalue weighted by atomic mass is 10.3. The number of hydrogen-bond donors (Lipinski definition) is 2. The van der Waals surface area contributed by atoms with Gasteiger partial charge in [-0.05, 0) is 27.7 Å². The summed E-state index contributed by atoms with van der Waals surface area (Å²) < 4.78 is 17.3. The highest BCUT2D eigenvalue weighted by Gasteiger charge is 2.39. The molecule has 0 rings (SSSR count). The molecule has 2 N–H and O–H groups in total. The van der Waals surface area contributed by atoms with Gasteiger partial charge in [-0.3, -0.25) is 9.42 Å². The predicted molar refractivity (Wildman–Crippen MR) is 57.2 cm³/mol. The van der Waals surface area contributed by atoms with Crippen molar-refractivity contribution in [2.75, 3.05) is 6.61 Å². The number of quaternary nitrogens is 1. The number of nitrogens with zero attached hydrogens (tertiary/aromatic N) is 1. The molecule has 6 heteroatoms. The smallest absolute Gasteiger partial charge is 0.279 e. The van der Waals surface area contributed by atoms with Crippen LogP contribution in [0.25, 0.3) is 0 Å². The van der Waals surface area contributed by atoms with E-state index in [0.29, 0.717) is 4.67 Å². The summed E-state index contributed by atoms with van der Waals surface area (Å²) in [7, 11) is -3.68. The zero-order valence-electron chi connectivity index (χ0n) is 9.73. The monoisotopic (exact) mass is 235 g/mol. The zero-order chi connectivity index (χ0) is 12.1. The minimum atomic E-state index is -3.68. The summed E-state index contributed by atoms with van der Waals surface area (Å²) in [6.07, 6.45) is 0.133. The van der Waals surface area contributed by atoms with Gasteiger partial charge >= 0.3 is 7.75 Å². The van der Waals surface area contributed by atoms with Crippen LogP contribution in [0.15, 0.2) is 0 Å². The molecular weight excluding hydrogens is 215 g/mol. The van der Waals surface area contributed by atoms with E-state index in [2.05, 4.69) is 0 Å². The van der Waals surface area contributed by atoms with Gasteiger partial charge in [0.05, 0.1) is 31.2 Å². The van der Waals surface area contributed by atoms with Gasteiger partial charge < -0.3 is 0 Å². The Balaban J connectivity index is 4.52. The van der Waals surface area contributed by atoms with E-state index in [0.717, 1.165) is 0 Å². The van der Waals surface area contributed by atoms with Crippen LogP contribution in [0.5, 0.6) is 0 Å². The van der Waals surface area contributed by atoms with Crippen molar-refractivity contribution in [1.82, 2.24) is 0 Å². The molecule has 0 spiro atoms. The lowest BCUT2D eigenvalue weighted by molar-refractivity contribution is -0.834. The summed E-state index contributed by atoms with van der Waals surface area (Å²) in [5, 5.41) is 8.31. The molecule has 1 atom stereocenters. The third kappa shape index (κ3) is 4.76. The molecule has 0 heterocycles. The van der Waals surface area contributed by atoms with Gasteiger partial charge in [-0.2, -0.15) is 5.26 Å². The number of nitrogens with one attached hydrogen (secondary N) is 1. The van der Waals surface area contributed by atoms with E-state index in [1.807, 2.05) is 33.8 Å². The highest BCUT2D eigenvalue weighted by Crippen LogP contribution is 2.32. The summed E-state index contributed by atoms with van der Waals surface area (Å²) in [5.74, 6) is 0. The fraction of sp³-hybridized carbons (Fsp3) is 0.889. The van der Waals surface area contributed by atoms with Crippen molar-refractivity contribution < 1.29 is 18.7 Å². The lowest BCUT2D eigenvalue weighted by Gasteiger charge is -2.29. The van der Waals surface area contributed by atoms with Gasteiger partial charge in [-0.1, -0.05) is 0 Å². The standard InChI is InChI=1S/C9H19N2O3P/c1-8(2)11(9(3)4)15(12,13)14-7-5-6-10/h8-9H,5,7H2,1-4H3,(H,12,13)/p+1. The first-order valence-electron chi connectivity index (χ1n) is 5.04. The first-order valence-corrected chi connectivity index (χ1v) is 6.62. The summed E-state index contributed by atoms with van der Waals surface area (Å²) in [6, 6.07) is 1.88. The molecule has 0 aliphatic heterocycles. The summed E-state index contributed by atoms with van der Waals surface area (Å²) in [4.78, 5) is 9.73. The van der Waals surface area contributed by atoms with E-state index >= 15 is 0 Å². The number of hydrogen-bond acceptors (Lipinski definition) is 3. The molecule has 88 valence electrons. The molecule has 0 aromatic carbocycles. The molecule has 0 amide bonds. The average molecular weight is 235 g/mol. The fourth-order valence-electron chi connectivity index (χ4n) is 1.61. The van der Waals surface area contributed by atoms with Gasteiger partial charge in [0.1, 0.15) is 0 Å². The maximum atomic E-state index is 11.9. The van der Waals surface area contributed by atoms with E-state index in [-0.39, 0.29) is 25.1 Å². The second-order valence-electron chi connectivity index (χ2n) is 4.00. The second-order valence-corrected chi connectivity index (χ2v) is 5.81. The third-order valence-electron chi connectivity index (χ3n) is 1.99. The van der Waals surface area contributed by atoms with E-state index in [1.54, 1.807) is 0 Å². The number of nitriles is 1. The molecule has 0 saturated heterocycles. The first kappa shape index (κ1) is 14.6. The Morgan fingerprint density at radius 2 is 1.87 bits per heavy atom. The van der Waals surface area contributed by atoms with Crippen LogP contribution in [0.1, 0.15) is 34.1 Å². The van der Waals surface area contributed by atoms with Gasteiger partial charge in [0.25, 0.3) is 0 Å². The number of rotatable bonds is 6. The second kappa shape index (κ2) is 6.24. The molecular formula is C9H20N2O3P+. The topological polar surface area (TPSA) is 74.8 Å². The minimum Gasteiger partial charge on any atom is -0.279 e.